The fraction of sp³-hybridized carbons (Fsp3) is 0.500. The summed E-state index contributed by atoms with van der Waals surface area (Å²) in [7, 11) is 2.21. The second kappa shape index (κ2) is 7.59. The van der Waals surface area contributed by atoms with E-state index < -0.39 is 0 Å². The Labute approximate surface area is 120 Å². The molecule has 2 rings (SSSR count). The van der Waals surface area contributed by atoms with Gasteiger partial charge in [-0.3, -0.25) is 4.90 Å². The third kappa shape index (κ3) is 4.58. The van der Waals surface area contributed by atoms with Crippen LogP contribution in [0.2, 0.25) is 0 Å². The Balaban J connectivity index is 1.89. The van der Waals surface area contributed by atoms with Gasteiger partial charge < -0.3 is 5.11 Å². The van der Waals surface area contributed by atoms with Crippen LogP contribution in [0.1, 0.15) is 24.0 Å². The summed E-state index contributed by atoms with van der Waals surface area (Å²) in [6.45, 7) is 1.14. The van der Waals surface area contributed by atoms with Crippen molar-refractivity contribution in [2.45, 2.75) is 25.4 Å². The van der Waals surface area contributed by atoms with E-state index in [-0.39, 0.29) is 6.61 Å². The molecule has 0 bridgehead atoms. The van der Waals surface area contributed by atoms with Crippen LogP contribution in [0.25, 0.3) is 0 Å². The van der Waals surface area contributed by atoms with Crippen molar-refractivity contribution in [3.05, 3.63) is 35.4 Å². The summed E-state index contributed by atoms with van der Waals surface area (Å²) < 4.78 is 0. The van der Waals surface area contributed by atoms with E-state index in [1.165, 1.54) is 23.5 Å². The molecule has 0 radical (unpaired) electrons. The molecule has 102 valence electrons. The van der Waals surface area contributed by atoms with Crippen molar-refractivity contribution in [2.75, 3.05) is 25.2 Å². The smallest absolute Gasteiger partial charge is 0.0540 e. The molecule has 0 saturated carbocycles. The van der Waals surface area contributed by atoms with Crippen LogP contribution in [-0.2, 0) is 6.54 Å². The highest BCUT2D eigenvalue weighted by molar-refractivity contribution is 7.99. The minimum atomic E-state index is 0.134. The second-order valence-corrected chi connectivity index (χ2v) is 6.05. The normalized spacial score (nSPS) is 18.4. The Morgan fingerprint density at radius 2 is 2.16 bits per heavy atom. The Bertz CT molecular complexity index is 440. The molecule has 1 atom stereocenters. The van der Waals surface area contributed by atoms with Gasteiger partial charge in [-0.2, -0.15) is 11.8 Å². The molecule has 0 spiro atoms. The predicted molar refractivity (Wildman–Crippen MR) is 82.2 cm³/mol. The first kappa shape index (κ1) is 14.5. The summed E-state index contributed by atoms with van der Waals surface area (Å²) >= 11 is 2.05. The van der Waals surface area contributed by atoms with Crippen LogP contribution in [0.5, 0.6) is 0 Å². The van der Waals surface area contributed by atoms with E-state index in [1.54, 1.807) is 0 Å². The summed E-state index contributed by atoms with van der Waals surface area (Å²) in [5.74, 6) is 8.56. The first-order valence-corrected chi connectivity index (χ1v) is 7.91. The molecule has 1 aliphatic rings. The van der Waals surface area contributed by atoms with Gasteiger partial charge >= 0.3 is 0 Å². The number of nitrogens with zero attached hydrogens (tertiary/aromatic N) is 1. The van der Waals surface area contributed by atoms with Gasteiger partial charge in [-0.25, -0.2) is 0 Å². The van der Waals surface area contributed by atoms with Gasteiger partial charge in [0.1, 0.15) is 0 Å². The summed E-state index contributed by atoms with van der Waals surface area (Å²) in [6.07, 6.45) is 1.86. The number of thioether (sulfide) groups is 1. The highest BCUT2D eigenvalue weighted by Gasteiger charge is 2.19. The van der Waals surface area contributed by atoms with Crippen LogP contribution >= 0.6 is 11.8 Å². The van der Waals surface area contributed by atoms with Crippen molar-refractivity contribution in [3.63, 3.8) is 0 Å². The minimum absolute atomic E-state index is 0.134. The maximum atomic E-state index is 8.68. The van der Waals surface area contributed by atoms with Gasteiger partial charge in [0.15, 0.2) is 0 Å². The maximum absolute atomic E-state index is 8.68. The Kier molecular flexibility index (Phi) is 5.78. The number of hydrogen-bond acceptors (Lipinski definition) is 3. The van der Waals surface area contributed by atoms with Crippen molar-refractivity contribution in [1.82, 2.24) is 4.90 Å². The van der Waals surface area contributed by atoms with Crippen molar-refractivity contribution >= 4 is 11.8 Å². The summed E-state index contributed by atoms with van der Waals surface area (Å²) in [5.41, 5.74) is 2.36. The van der Waals surface area contributed by atoms with Crippen molar-refractivity contribution < 1.29 is 5.11 Å². The molecule has 3 heteroatoms. The Morgan fingerprint density at radius 3 is 2.79 bits per heavy atom. The number of benzene rings is 1. The lowest BCUT2D eigenvalue weighted by Gasteiger charge is -2.23. The van der Waals surface area contributed by atoms with Gasteiger partial charge in [-0.1, -0.05) is 24.0 Å². The standard InChI is InChI=1S/C16H21NOS/c1-17(16-9-11-19-13-16)12-15-7-5-14(6-8-15)4-2-3-10-18/h5-8,16,18H,3,9-13H2,1H3. The molecule has 1 fully saturated rings. The summed E-state index contributed by atoms with van der Waals surface area (Å²) in [4.78, 5) is 2.45. The molecule has 1 aromatic rings. The molecule has 2 nitrogen and oxygen atoms in total. The van der Waals surface area contributed by atoms with Crippen LogP contribution in [0.3, 0.4) is 0 Å². The molecular formula is C16H21NOS. The lowest BCUT2D eigenvalue weighted by atomic mass is 10.1. The van der Waals surface area contributed by atoms with E-state index in [1.807, 2.05) is 0 Å². The number of rotatable bonds is 4. The minimum Gasteiger partial charge on any atom is -0.395 e. The second-order valence-electron chi connectivity index (χ2n) is 4.90. The SMILES string of the molecule is CN(Cc1ccc(C#CCCO)cc1)C1CCSC1. The van der Waals surface area contributed by atoms with E-state index in [0.29, 0.717) is 6.42 Å². The van der Waals surface area contributed by atoms with Gasteiger partial charge in [0, 0.05) is 30.3 Å². The third-order valence-corrected chi connectivity index (χ3v) is 4.53. The predicted octanol–water partition coefficient (Wildman–Crippen LogP) is 2.36. The number of hydrogen-bond donors (Lipinski definition) is 1. The lowest BCUT2D eigenvalue weighted by molar-refractivity contribution is 0.254. The molecule has 1 unspecified atom stereocenters. The maximum Gasteiger partial charge on any atom is 0.0540 e. The van der Waals surface area contributed by atoms with Gasteiger partial charge in [0.25, 0.3) is 0 Å². The molecule has 0 aromatic heterocycles. The van der Waals surface area contributed by atoms with Crippen molar-refractivity contribution in [3.8, 4) is 11.8 Å². The van der Waals surface area contributed by atoms with Crippen molar-refractivity contribution in [2.24, 2.45) is 0 Å². The molecule has 1 aliphatic heterocycles. The molecule has 1 heterocycles. The average Bonchev–Trinajstić information content (AvgIpc) is 2.95. The van der Waals surface area contributed by atoms with Crippen LogP contribution in [0.15, 0.2) is 24.3 Å². The first-order valence-electron chi connectivity index (χ1n) is 6.76. The third-order valence-electron chi connectivity index (χ3n) is 3.38. The molecule has 1 N–H and O–H groups in total. The monoisotopic (exact) mass is 275 g/mol. The van der Waals surface area contributed by atoms with Crippen LogP contribution in [0, 0.1) is 11.8 Å². The van der Waals surface area contributed by atoms with Crippen LogP contribution < -0.4 is 0 Å². The molecule has 0 aliphatic carbocycles. The van der Waals surface area contributed by atoms with Gasteiger partial charge in [0.2, 0.25) is 0 Å². The topological polar surface area (TPSA) is 23.5 Å². The zero-order valence-electron chi connectivity index (χ0n) is 11.4. The van der Waals surface area contributed by atoms with Crippen LogP contribution in [0.4, 0.5) is 0 Å². The number of aliphatic hydroxyl groups excluding tert-OH is 1. The van der Waals surface area contributed by atoms with Crippen molar-refractivity contribution in [1.29, 1.82) is 0 Å². The van der Waals surface area contributed by atoms with Gasteiger partial charge in [0.05, 0.1) is 6.61 Å². The van der Waals surface area contributed by atoms with Gasteiger partial charge in [-0.15, -0.1) is 0 Å². The Hall–Kier alpha value is -0.950. The molecule has 1 saturated heterocycles. The fourth-order valence-electron chi connectivity index (χ4n) is 2.20. The van der Waals surface area contributed by atoms with E-state index >= 15 is 0 Å². The first-order chi connectivity index (χ1) is 9.29. The zero-order chi connectivity index (χ0) is 13.5. The average molecular weight is 275 g/mol. The number of aliphatic hydroxyl groups is 1. The summed E-state index contributed by atoms with van der Waals surface area (Å²) in [5, 5.41) is 8.68. The van der Waals surface area contributed by atoms with Gasteiger partial charge in [-0.05, 0) is 36.9 Å². The fourth-order valence-corrected chi connectivity index (χ4v) is 3.50. The molecule has 19 heavy (non-hydrogen) atoms. The zero-order valence-corrected chi connectivity index (χ0v) is 12.2. The molecule has 1 aromatic carbocycles. The van der Waals surface area contributed by atoms with E-state index in [9.17, 15) is 0 Å². The van der Waals surface area contributed by atoms with Crippen LogP contribution in [-0.4, -0.2) is 41.2 Å². The lowest BCUT2D eigenvalue weighted by Crippen LogP contribution is -2.30. The Morgan fingerprint density at radius 1 is 1.37 bits per heavy atom. The highest BCUT2D eigenvalue weighted by atomic mass is 32.2. The highest BCUT2D eigenvalue weighted by Crippen LogP contribution is 2.22. The largest absolute Gasteiger partial charge is 0.395 e. The van der Waals surface area contributed by atoms with E-state index in [4.69, 9.17) is 5.11 Å². The summed E-state index contributed by atoms with van der Waals surface area (Å²) in [6, 6.07) is 9.17. The molecular weight excluding hydrogens is 254 g/mol. The quantitative estimate of drug-likeness (QED) is 0.853. The van der Waals surface area contributed by atoms with E-state index in [2.05, 4.69) is 59.8 Å². The molecule has 0 amide bonds. The van der Waals surface area contributed by atoms with E-state index in [0.717, 1.165) is 18.2 Å².